The number of rotatable bonds is 3. The van der Waals surface area contributed by atoms with Crippen molar-refractivity contribution in [1.82, 2.24) is 9.55 Å². The summed E-state index contributed by atoms with van der Waals surface area (Å²) in [5.41, 5.74) is 1.57. The summed E-state index contributed by atoms with van der Waals surface area (Å²) < 4.78 is 12.9. The molecule has 1 N–H and O–H groups in total. The molecule has 2 atom stereocenters. The Morgan fingerprint density at radius 1 is 1.38 bits per heavy atom. The minimum Gasteiger partial charge on any atom is -0.486 e. The molecule has 0 spiro atoms. The van der Waals surface area contributed by atoms with Crippen LogP contribution >= 0.6 is 0 Å². The number of hydrogen-bond donors (Lipinski definition) is 1. The number of carbonyl (C=O) groups is 1. The fourth-order valence-corrected chi connectivity index (χ4v) is 2.95. The van der Waals surface area contributed by atoms with E-state index in [0.717, 1.165) is 23.3 Å². The number of fused-ring (bicyclic) bond motifs is 2. The molecule has 0 bridgehead atoms. The number of aliphatic carboxylic acids is 1. The lowest BCUT2D eigenvalue weighted by atomic mass is 10.2. The van der Waals surface area contributed by atoms with Gasteiger partial charge in [0.1, 0.15) is 25.6 Å². The van der Waals surface area contributed by atoms with Gasteiger partial charge in [0, 0.05) is 18.1 Å². The Bertz CT molecular complexity index is 737. The van der Waals surface area contributed by atoms with Crippen molar-refractivity contribution in [2.24, 2.45) is 5.92 Å². The van der Waals surface area contributed by atoms with Crippen molar-refractivity contribution < 1.29 is 19.4 Å². The number of carboxylic acid groups (broad SMARTS) is 1. The number of hydrogen-bond acceptors (Lipinski definition) is 4. The van der Waals surface area contributed by atoms with Crippen LogP contribution in [0.3, 0.4) is 0 Å². The molecule has 1 fully saturated rings. The average Bonchev–Trinajstić information content (AvgIpc) is 3.08. The van der Waals surface area contributed by atoms with E-state index in [-0.39, 0.29) is 6.54 Å². The Kier molecular flexibility index (Phi) is 2.60. The first kappa shape index (κ1) is 12.5. The second-order valence-corrected chi connectivity index (χ2v) is 5.75. The first-order valence-corrected chi connectivity index (χ1v) is 7.15. The van der Waals surface area contributed by atoms with Gasteiger partial charge in [-0.2, -0.15) is 0 Å². The van der Waals surface area contributed by atoms with Gasteiger partial charge in [-0.15, -0.1) is 0 Å². The van der Waals surface area contributed by atoms with Crippen LogP contribution in [-0.4, -0.2) is 33.8 Å². The summed E-state index contributed by atoms with van der Waals surface area (Å²) in [5.74, 6) is 2.27. The zero-order chi connectivity index (χ0) is 14.6. The highest BCUT2D eigenvalue weighted by molar-refractivity contribution is 5.82. The number of aromatic nitrogens is 2. The van der Waals surface area contributed by atoms with E-state index in [4.69, 9.17) is 9.47 Å². The summed E-state index contributed by atoms with van der Waals surface area (Å²) in [7, 11) is 0. The van der Waals surface area contributed by atoms with E-state index in [1.165, 1.54) is 0 Å². The molecule has 1 aromatic heterocycles. The van der Waals surface area contributed by atoms with E-state index < -0.39 is 5.97 Å². The zero-order valence-electron chi connectivity index (χ0n) is 11.7. The minimum absolute atomic E-state index is 0.0747. The SMILES string of the molecule is CC1CC1c1nc2cc3c(cc2n1CC(=O)O)OCCO3. The van der Waals surface area contributed by atoms with Crippen molar-refractivity contribution in [3.8, 4) is 11.5 Å². The molecular formula is C15H16N2O4. The van der Waals surface area contributed by atoms with E-state index in [1.807, 2.05) is 12.1 Å². The van der Waals surface area contributed by atoms with Crippen LogP contribution < -0.4 is 9.47 Å². The molecule has 1 aliphatic carbocycles. The molecule has 0 saturated heterocycles. The predicted molar refractivity (Wildman–Crippen MR) is 74.9 cm³/mol. The van der Waals surface area contributed by atoms with Crippen molar-refractivity contribution in [2.45, 2.75) is 25.8 Å². The molecular weight excluding hydrogens is 272 g/mol. The first-order chi connectivity index (χ1) is 10.1. The van der Waals surface area contributed by atoms with Gasteiger partial charge in [-0.05, 0) is 12.3 Å². The Morgan fingerprint density at radius 2 is 2.05 bits per heavy atom. The van der Waals surface area contributed by atoms with Gasteiger partial charge in [-0.1, -0.05) is 6.92 Å². The molecule has 21 heavy (non-hydrogen) atoms. The molecule has 2 unspecified atom stereocenters. The monoisotopic (exact) mass is 288 g/mol. The number of ether oxygens (including phenoxy) is 2. The summed E-state index contributed by atoms with van der Waals surface area (Å²) in [6, 6.07) is 3.69. The third-order valence-electron chi connectivity index (χ3n) is 4.18. The lowest BCUT2D eigenvalue weighted by molar-refractivity contribution is -0.137. The van der Waals surface area contributed by atoms with Crippen molar-refractivity contribution >= 4 is 17.0 Å². The van der Waals surface area contributed by atoms with Gasteiger partial charge in [0.05, 0.1) is 11.0 Å². The lowest BCUT2D eigenvalue weighted by Gasteiger charge is -2.18. The van der Waals surface area contributed by atoms with Gasteiger partial charge in [-0.25, -0.2) is 4.98 Å². The average molecular weight is 288 g/mol. The van der Waals surface area contributed by atoms with E-state index in [2.05, 4.69) is 11.9 Å². The Hall–Kier alpha value is -2.24. The number of benzene rings is 1. The Morgan fingerprint density at radius 3 is 2.67 bits per heavy atom. The van der Waals surface area contributed by atoms with Crippen LogP contribution in [0.5, 0.6) is 11.5 Å². The van der Waals surface area contributed by atoms with Crippen LogP contribution in [-0.2, 0) is 11.3 Å². The number of imidazole rings is 1. The van der Waals surface area contributed by atoms with Gasteiger partial charge < -0.3 is 19.1 Å². The fourth-order valence-electron chi connectivity index (χ4n) is 2.95. The van der Waals surface area contributed by atoms with E-state index in [0.29, 0.717) is 36.5 Å². The summed E-state index contributed by atoms with van der Waals surface area (Å²) in [5, 5.41) is 9.17. The maximum atomic E-state index is 11.2. The molecule has 2 heterocycles. The molecule has 2 aliphatic rings. The zero-order valence-corrected chi connectivity index (χ0v) is 11.7. The number of nitrogens with zero attached hydrogens (tertiary/aromatic N) is 2. The molecule has 0 radical (unpaired) electrons. The molecule has 2 aromatic rings. The highest BCUT2D eigenvalue weighted by Crippen LogP contribution is 2.47. The Labute approximate surface area is 121 Å². The second-order valence-electron chi connectivity index (χ2n) is 5.75. The second kappa shape index (κ2) is 4.38. The highest BCUT2D eigenvalue weighted by Gasteiger charge is 2.38. The molecule has 1 aliphatic heterocycles. The van der Waals surface area contributed by atoms with Gasteiger partial charge in [0.2, 0.25) is 0 Å². The van der Waals surface area contributed by atoms with Crippen LogP contribution in [0.15, 0.2) is 12.1 Å². The summed E-state index contributed by atoms with van der Waals surface area (Å²) in [6.45, 7) is 3.13. The van der Waals surface area contributed by atoms with E-state index in [1.54, 1.807) is 4.57 Å². The smallest absolute Gasteiger partial charge is 0.323 e. The molecule has 6 nitrogen and oxygen atoms in total. The fraction of sp³-hybridized carbons (Fsp3) is 0.467. The normalized spacial score (nSPS) is 23.3. The topological polar surface area (TPSA) is 73.6 Å². The highest BCUT2D eigenvalue weighted by atomic mass is 16.6. The summed E-state index contributed by atoms with van der Waals surface area (Å²) in [6.07, 6.45) is 1.07. The van der Waals surface area contributed by atoms with E-state index >= 15 is 0 Å². The van der Waals surface area contributed by atoms with Crippen molar-refractivity contribution in [2.75, 3.05) is 13.2 Å². The molecule has 110 valence electrons. The number of carboxylic acids is 1. The third kappa shape index (κ3) is 2.02. The van der Waals surface area contributed by atoms with Crippen molar-refractivity contribution in [3.63, 3.8) is 0 Å². The largest absolute Gasteiger partial charge is 0.486 e. The third-order valence-corrected chi connectivity index (χ3v) is 4.18. The van der Waals surface area contributed by atoms with E-state index in [9.17, 15) is 9.90 Å². The van der Waals surface area contributed by atoms with Crippen molar-refractivity contribution in [1.29, 1.82) is 0 Å². The maximum absolute atomic E-state index is 11.2. The Balaban J connectivity index is 1.89. The van der Waals surface area contributed by atoms with Gasteiger partial charge in [0.15, 0.2) is 11.5 Å². The predicted octanol–water partition coefficient (Wildman–Crippen LogP) is 2.02. The summed E-state index contributed by atoms with van der Waals surface area (Å²) in [4.78, 5) is 15.8. The van der Waals surface area contributed by atoms with Crippen LogP contribution in [0, 0.1) is 5.92 Å². The van der Waals surface area contributed by atoms with Gasteiger partial charge in [-0.3, -0.25) is 4.79 Å². The van der Waals surface area contributed by atoms with Gasteiger partial charge >= 0.3 is 5.97 Å². The molecule has 0 amide bonds. The maximum Gasteiger partial charge on any atom is 0.323 e. The van der Waals surface area contributed by atoms with Crippen LogP contribution in [0.25, 0.3) is 11.0 Å². The van der Waals surface area contributed by atoms with Crippen LogP contribution in [0.2, 0.25) is 0 Å². The molecule has 4 rings (SSSR count). The molecule has 6 heteroatoms. The van der Waals surface area contributed by atoms with Crippen LogP contribution in [0.4, 0.5) is 0 Å². The summed E-state index contributed by atoms with van der Waals surface area (Å²) >= 11 is 0. The lowest BCUT2D eigenvalue weighted by Crippen LogP contribution is -2.15. The van der Waals surface area contributed by atoms with Gasteiger partial charge in [0.25, 0.3) is 0 Å². The quantitative estimate of drug-likeness (QED) is 0.935. The standard InChI is InChI=1S/C15H16N2O4/c1-8-4-9(8)15-16-10-5-12-13(21-3-2-20-12)6-11(10)17(15)7-14(18)19/h5-6,8-9H,2-4,7H2,1H3,(H,18,19). The molecule has 1 aromatic carbocycles. The van der Waals surface area contributed by atoms with Crippen LogP contribution in [0.1, 0.15) is 25.1 Å². The molecule has 1 saturated carbocycles. The van der Waals surface area contributed by atoms with Crippen molar-refractivity contribution in [3.05, 3.63) is 18.0 Å². The minimum atomic E-state index is -0.862. The first-order valence-electron chi connectivity index (χ1n) is 7.15.